The van der Waals surface area contributed by atoms with Crippen molar-refractivity contribution < 1.29 is 9.84 Å². The van der Waals surface area contributed by atoms with Crippen LogP contribution in [0.3, 0.4) is 0 Å². The number of halogens is 1. The van der Waals surface area contributed by atoms with Crippen LogP contribution in [0.4, 0.5) is 0 Å². The van der Waals surface area contributed by atoms with E-state index in [1.807, 2.05) is 16.7 Å². The van der Waals surface area contributed by atoms with E-state index in [9.17, 15) is 9.90 Å². The molecule has 3 heterocycles. The summed E-state index contributed by atoms with van der Waals surface area (Å²) in [5.74, 6) is 1.58. The Bertz CT molecular complexity index is 1170. The molecule has 0 amide bonds. The Morgan fingerprint density at radius 1 is 1.22 bits per heavy atom. The van der Waals surface area contributed by atoms with Gasteiger partial charge in [0.2, 0.25) is 0 Å². The molecule has 32 heavy (non-hydrogen) atoms. The lowest BCUT2D eigenvalue weighted by Crippen LogP contribution is -2.39. The van der Waals surface area contributed by atoms with Gasteiger partial charge >= 0.3 is 0 Å². The molecule has 2 N–H and O–H groups in total. The molecule has 1 aromatic carbocycles. The van der Waals surface area contributed by atoms with Crippen molar-refractivity contribution in [3.8, 4) is 5.75 Å². The number of thiophene rings is 1. The highest BCUT2D eigenvalue weighted by Crippen LogP contribution is 2.41. The first-order valence-electron chi connectivity index (χ1n) is 11.8. The summed E-state index contributed by atoms with van der Waals surface area (Å²) in [6.07, 6.45) is 9.73. The Labute approximate surface area is 200 Å². The number of ether oxygens (including phenoxy) is 1. The molecular formula is C24H30BrN3O3S. The first-order valence-corrected chi connectivity index (χ1v) is 13.4. The molecule has 1 saturated carbocycles. The number of aliphatic hydroxyl groups is 1. The molecule has 6 nitrogen and oxygen atoms in total. The van der Waals surface area contributed by atoms with Crippen molar-refractivity contribution in [2.24, 2.45) is 0 Å². The van der Waals surface area contributed by atoms with Gasteiger partial charge in [-0.05, 0) is 47.7 Å². The van der Waals surface area contributed by atoms with Crippen LogP contribution in [0.25, 0.3) is 20.3 Å². The SMILES string of the molecule is O=c1c2c(nc3n1CCCCC3)sc1c(OC[C@@H](O)CNC3CCCCC3)c(Br)ccc12. The molecular weight excluding hydrogens is 490 g/mol. The van der Waals surface area contributed by atoms with Crippen molar-refractivity contribution in [1.82, 2.24) is 14.9 Å². The normalized spacial score (nSPS) is 18.6. The van der Waals surface area contributed by atoms with E-state index in [0.717, 1.165) is 57.4 Å². The third kappa shape index (κ3) is 4.47. The Hall–Kier alpha value is -1.48. The van der Waals surface area contributed by atoms with Crippen molar-refractivity contribution >= 4 is 47.6 Å². The lowest BCUT2D eigenvalue weighted by molar-refractivity contribution is 0.102. The number of aryl methyl sites for hydroxylation is 1. The number of hydrogen-bond acceptors (Lipinski definition) is 6. The van der Waals surface area contributed by atoms with Crippen LogP contribution in [0.15, 0.2) is 21.4 Å². The summed E-state index contributed by atoms with van der Waals surface area (Å²) in [5, 5.41) is 15.5. The molecule has 2 aliphatic rings. The minimum Gasteiger partial charge on any atom is -0.488 e. The van der Waals surface area contributed by atoms with E-state index in [0.29, 0.717) is 23.7 Å². The highest BCUT2D eigenvalue weighted by molar-refractivity contribution is 9.10. The number of nitrogens with one attached hydrogen (secondary N) is 1. The van der Waals surface area contributed by atoms with E-state index in [4.69, 9.17) is 9.72 Å². The second-order valence-corrected chi connectivity index (χ2v) is 10.9. The van der Waals surface area contributed by atoms with E-state index >= 15 is 0 Å². The van der Waals surface area contributed by atoms with Gasteiger partial charge in [0, 0.05) is 30.9 Å². The van der Waals surface area contributed by atoms with Crippen molar-refractivity contribution in [2.75, 3.05) is 13.2 Å². The quantitative estimate of drug-likeness (QED) is 0.490. The van der Waals surface area contributed by atoms with Crippen LogP contribution in [0.2, 0.25) is 0 Å². The number of aromatic nitrogens is 2. The first-order chi connectivity index (χ1) is 15.6. The average Bonchev–Trinajstić information content (AvgIpc) is 3.00. The van der Waals surface area contributed by atoms with Gasteiger partial charge in [-0.1, -0.05) is 31.7 Å². The van der Waals surface area contributed by atoms with Gasteiger partial charge in [0.05, 0.1) is 14.6 Å². The number of nitrogens with zero attached hydrogens (tertiary/aromatic N) is 2. The molecule has 2 aromatic heterocycles. The molecule has 1 aliphatic heterocycles. The second kappa shape index (κ2) is 9.79. The van der Waals surface area contributed by atoms with Gasteiger partial charge in [0.1, 0.15) is 23.4 Å². The summed E-state index contributed by atoms with van der Waals surface area (Å²) in [5.41, 5.74) is 0.0585. The summed E-state index contributed by atoms with van der Waals surface area (Å²) in [4.78, 5) is 19.0. The molecule has 0 bridgehead atoms. The minimum absolute atomic E-state index is 0.0585. The fourth-order valence-electron chi connectivity index (χ4n) is 4.95. The van der Waals surface area contributed by atoms with Gasteiger partial charge < -0.3 is 15.2 Å². The third-order valence-electron chi connectivity index (χ3n) is 6.70. The molecule has 3 aromatic rings. The van der Waals surface area contributed by atoms with Crippen LogP contribution < -0.4 is 15.6 Å². The van der Waals surface area contributed by atoms with Gasteiger partial charge in [-0.3, -0.25) is 9.36 Å². The summed E-state index contributed by atoms with van der Waals surface area (Å²) in [6, 6.07) is 4.40. The van der Waals surface area contributed by atoms with Crippen molar-refractivity contribution in [1.29, 1.82) is 0 Å². The van der Waals surface area contributed by atoms with E-state index in [1.54, 1.807) is 0 Å². The fourth-order valence-corrected chi connectivity index (χ4v) is 6.71. The van der Waals surface area contributed by atoms with Crippen molar-refractivity contribution in [3.05, 3.63) is 32.8 Å². The lowest BCUT2D eigenvalue weighted by Gasteiger charge is -2.24. The fraction of sp³-hybridized carbons (Fsp3) is 0.583. The first kappa shape index (κ1) is 22.3. The molecule has 1 aliphatic carbocycles. The zero-order valence-electron chi connectivity index (χ0n) is 18.2. The van der Waals surface area contributed by atoms with Gasteiger partial charge in [-0.15, -0.1) is 11.3 Å². The standard InChI is InChI=1S/C24H30BrN3O3S/c25-18-11-10-17-20-23(27-19-9-5-2-6-12-28(19)24(20)30)32-22(17)21(18)31-14-16(29)13-26-15-7-3-1-4-8-15/h10-11,15-16,26,29H,1-9,12-14H2/t16-/m0/s1. The lowest BCUT2D eigenvalue weighted by atomic mass is 9.95. The van der Waals surface area contributed by atoms with Crippen LogP contribution in [0.1, 0.15) is 57.2 Å². The number of aliphatic hydroxyl groups excluding tert-OH is 1. The monoisotopic (exact) mass is 519 g/mol. The maximum Gasteiger partial charge on any atom is 0.262 e. The molecule has 0 unspecified atom stereocenters. The van der Waals surface area contributed by atoms with E-state index in [-0.39, 0.29) is 12.2 Å². The van der Waals surface area contributed by atoms with E-state index in [2.05, 4.69) is 21.2 Å². The Balaban J connectivity index is 1.40. The van der Waals surface area contributed by atoms with Crippen LogP contribution in [-0.4, -0.2) is 40.0 Å². The average molecular weight is 520 g/mol. The summed E-state index contributed by atoms with van der Waals surface area (Å²) >= 11 is 5.11. The topological polar surface area (TPSA) is 76.4 Å². The summed E-state index contributed by atoms with van der Waals surface area (Å²) in [6.45, 7) is 1.48. The molecule has 8 heteroatoms. The molecule has 0 saturated heterocycles. The smallest absolute Gasteiger partial charge is 0.262 e. The molecule has 0 radical (unpaired) electrons. The van der Waals surface area contributed by atoms with Gasteiger partial charge in [0.15, 0.2) is 5.75 Å². The Morgan fingerprint density at radius 2 is 2.03 bits per heavy atom. The zero-order chi connectivity index (χ0) is 22.1. The van der Waals surface area contributed by atoms with Crippen LogP contribution in [0.5, 0.6) is 5.75 Å². The molecule has 1 atom stereocenters. The van der Waals surface area contributed by atoms with E-state index < -0.39 is 6.10 Å². The Kier molecular flexibility index (Phi) is 6.83. The van der Waals surface area contributed by atoms with Gasteiger partial charge in [0.25, 0.3) is 5.56 Å². The van der Waals surface area contributed by atoms with Crippen molar-refractivity contribution in [2.45, 2.75) is 76.5 Å². The Morgan fingerprint density at radius 3 is 2.88 bits per heavy atom. The maximum atomic E-state index is 13.3. The molecule has 5 rings (SSSR count). The molecule has 0 spiro atoms. The predicted octanol–water partition coefficient (Wildman–Crippen LogP) is 4.76. The number of hydrogen-bond donors (Lipinski definition) is 2. The van der Waals surface area contributed by atoms with Crippen LogP contribution >= 0.6 is 27.3 Å². The minimum atomic E-state index is -0.590. The van der Waals surface area contributed by atoms with Crippen LogP contribution in [0, 0.1) is 0 Å². The zero-order valence-corrected chi connectivity index (χ0v) is 20.6. The van der Waals surface area contributed by atoms with E-state index in [1.165, 1.54) is 43.4 Å². The van der Waals surface area contributed by atoms with Gasteiger partial charge in [-0.25, -0.2) is 4.98 Å². The van der Waals surface area contributed by atoms with Crippen molar-refractivity contribution in [3.63, 3.8) is 0 Å². The van der Waals surface area contributed by atoms with Gasteiger partial charge in [-0.2, -0.15) is 0 Å². The maximum absolute atomic E-state index is 13.3. The molecule has 1 fully saturated rings. The number of benzene rings is 1. The summed E-state index contributed by atoms with van der Waals surface area (Å²) < 4.78 is 9.70. The largest absolute Gasteiger partial charge is 0.488 e. The predicted molar refractivity (Wildman–Crippen MR) is 133 cm³/mol. The molecule has 172 valence electrons. The third-order valence-corrected chi connectivity index (χ3v) is 8.42. The summed E-state index contributed by atoms with van der Waals surface area (Å²) in [7, 11) is 0. The second-order valence-electron chi connectivity index (χ2n) is 9.04. The highest BCUT2D eigenvalue weighted by atomic mass is 79.9. The highest BCUT2D eigenvalue weighted by Gasteiger charge is 2.21. The number of fused-ring (bicyclic) bond motifs is 4. The van der Waals surface area contributed by atoms with Crippen LogP contribution in [-0.2, 0) is 13.0 Å². The number of rotatable bonds is 6.